The predicted molar refractivity (Wildman–Crippen MR) is 72.5 cm³/mol. The number of benzene rings is 1. The summed E-state index contributed by atoms with van der Waals surface area (Å²) in [5.41, 5.74) is 2.27. The van der Waals surface area contributed by atoms with Crippen LogP contribution in [0.4, 0.5) is 0 Å². The van der Waals surface area contributed by atoms with Gasteiger partial charge in [-0.25, -0.2) is 4.98 Å². The van der Waals surface area contributed by atoms with E-state index in [-0.39, 0.29) is 0 Å². The molecule has 1 aliphatic rings. The molecule has 2 aromatic rings. The van der Waals surface area contributed by atoms with Crippen molar-refractivity contribution in [2.45, 2.75) is 18.9 Å². The fourth-order valence-corrected chi connectivity index (χ4v) is 3.20. The van der Waals surface area contributed by atoms with Crippen molar-refractivity contribution in [3.63, 3.8) is 0 Å². The molecule has 1 aromatic heterocycles. The highest BCUT2D eigenvalue weighted by Crippen LogP contribution is 2.30. The van der Waals surface area contributed by atoms with Gasteiger partial charge in [-0.05, 0) is 31.5 Å². The molecule has 17 heavy (non-hydrogen) atoms. The lowest BCUT2D eigenvalue weighted by Gasteiger charge is -2.05. The fourth-order valence-electron chi connectivity index (χ4n) is 2.14. The largest absolute Gasteiger partial charge is 0.309 e. The van der Waals surface area contributed by atoms with Crippen LogP contribution in [-0.4, -0.2) is 11.5 Å². The Kier molecular flexibility index (Phi) is 3.14. The molecule has 2 heterocycles. The van der Waals surface area contributed by atoms with Gasteiger partial charge in [0.1, 0.15) is 5.01 Å². The van der Waals surface area contributed by atoms with E-state index in [1.54, 1.807) is 11.3 Å². The molecule has 0 unspecified atom stereocenters. The number of thiazole rings is 1. The van der Waals surface area contributed by atoms with Crippen molar-refractivity contribution in [1.29, 1.82) is 0 Å². The number of nitrogens with zero attached hydrogens (tertiary/aromatic N) is 1. The van der Waals surface area contributed by atoms with Gasteiger partial charge in [0.2, 0.25) is 0 Å². The Hall–Kier alpha value is -0.900. The molecule has 0 saturated carbocycles. The van der Waals surface area contributed by atoms with E-state index in [9.17, 15) is 0 Å². The van der Waals surface area contributed by atoms with E-state index in [1.165, 1.54) is 18.5 Å². The maximum absolute atomic E-state index is 5.99. The van der Waals surface area contributed by atoms with Gasteiger partial charge in [-0.1, -0.05) is 23.7 Å². The third kappa shape index (κ3) is 2.37. The zero-order valence-corrected chi connectivity index (χ0v) is 10.9. The van der Waals surface area contributed by atoms with E-state index in [0.717, 1.165) is 22.1 Å². The summed E-state index contributed by atoms with van der Waals surface area (Å²) in [4.78, 5) is 4.70. The summed E-state index contributed by atoms with van der Waals surface area (Å²) in [6.07, 6.45) is 2.44. The third-order valence-electron chi connectivity index (χ3n) is 3.01. The van der Waals surface area contributed by atoms with Crippen LogP contribution in [0.15, 0.2) is 29.6 Å². The van der Waals surface area contributed by atoms with Crippen LogP contribution in [0.5, 0.6) is 0 Å². The molecule has 3 rings (SSSR count). The molecule has 88 valence electrons. The van der Waals surface area contributed by atoms with Crippen LogP contribution in [0.25, 0.3) is 10.6 Å². The molecule has 1 N–H and O–H groups in total. The summed E-state index contributed by atoms with van der Waals surface area (Å²) in [5, 5.41) is 7.43. The standard InChI is InChI=1S/C13H13ClN2S/c14-10-4-1-3-9(7-10)13-16-12(8-17-13)11-5-2-6-15-11/h1,3-4,7-8,11,15H,2,5-6H2/t11-/m0/s1. The Bertz CT molecular complexity index is 518. The average molecular weight is 265 g/mol. The molecule has 1 atom stereocenters. The molecule has 2 nitrogen and oxygen atoms in total. The molecule has 0 spiro atoms. The Balaban J connectivity index is 1.89. The van der Waals surface area contributed by atoms with Crippen LogP contribution in [-0.2, 0) is 0 Å². The van der Waals surface area contributed by atoms with Crippen LogP contribution in [0.1, 0.15) is 24.6 Å². The van der Waals surface area contributed by atoms with Gasteiger partial charge in [-0.2, -0.15) is 0 Å². The lowest BCUT2D eigenvalue weighted by Crippen LogP contribution is -2.12. The Morgan fingerprint density at radius 2 is 2.35 bits per heavy atom. The van der Waals surface area contributed by atoms with E-state index in [2.05, 4.69) is 16.8 Å². The maximum atomic E-state index is 5.99. The van der Waals surface area contributed by atoms with Crippen molar-refractivity contribution in [3.05, 3.63) is 40.4 Å². The molecule has 1 saturated heterocycles. The zero-order chi connectivity index (χ0) is 11.7. The predicted octanol–water partition coefficient (Wildman–Crippen LogP) is 3.89. The summed E-state index contributed by atoms with van der Waals surface area (Å²) in [5.74, 6) is 0. The van der Waals surface area contributed by atoms with Crippen molar-refractivity contribution in [2.24, 2.45) is 0 Å². The number of aromatic nitrogens is 1. The lowest BCUT2D eigenvalue weighted by molar-refractivity contribution is 0.632. The van der Waals surface area contributed by atoms with Crippen LogP contribution in [0.2, 0.25) is 5.02 Å². The van der Waals surface area contributed by atoms with E-state index < -0.39 is 0 Å². The minimum Gasteiger partial charge on any atom is -0.309 e. The van der Waals surface area contributed by atoms with Crippen molar-refractivity contribution in [3.8, 4) is 10.6 Å². The Morgan fingerprint density at radius 1 is 1.41 bits per heavy atom. The number of rotatable bonds is 2. The van der Waals surface area contributed by atoms with Gasteiger partial charge in [0.25, 0.3) is 0 Å². The van der Waals surface area contributed by atoms with E-state index in [4.69, 9.17) is 16.6 Å². The third-order valence-corrected chi connectivity index (χ3v) is 4.16. The van der Waals surface area contributed by atoms with Gasteiger partial charge in [-0.15, -0.1) is 11.3 Å². The minimum absolute atomic E-state index is 0.444. The van der Waals surface area contributed by atoms with Crippen molar-refractivity contribution >= 4 is 22.9 Å². The first kappa shape index (κ1) is 11.2. The van der Waals surface area contributed by atoms with E-state index in [1.807, 2.05) is 18.2 Å². The fraction of sp³-hybridized carbons (Fsp3) is 0.308. The van der Waals surface area contributed by atoms with Crippen LogP contribution in [0, 0.1) is 0 Å². The summed E-state index contributed by atoms with van der Waals surface area (Å²) < 4.78 is 0. The monoisotopic (exact) mass is 264 g/mol. The van der Waals surface area contributed by atoms with Gasteiger partial charge >= 0.3 is 0 Å². The Morgan fingerprint density at radius 3 is 3.12 bits per heavy atom. The SMILES string of the molecule is Clc1cccc(-c2nc([C@@H]3CCCN3)cs2)c1. The first-order chi connectivity index (χ1) is 8.33. The van der Waals surface area contributed by atoms with Crippen LogP contribution in [0.3, 0.4) is 0 Å². The second-order valence-electron chi connectivity index (χ2n) is 4.24. The van der Waals surface area contributed by atoms with E-state index in [0.29, 0.717) is 6.04 Å². The van der Waals surface area contributed by atoms with Crippen molar-refractivity contribution < 1.29 is 0 Å². The molecule has 0 amide bonds. The summed E-state index contributed by atoms with van der Waals surface area (Å²) in [6, 6.07) is 8.31. The molecule has 1 fully saturated rings. The van der Waals surface area contributed by atoms with Gasteiger partial charge in [0, 0.05) is 16.0 Å². The lowest BCUT2D eigenvalue weighted by atomic mass is 10.2. The normalized spacial score (nSPS) is 19.7. The molecule has 1 aromatic carbocycles. The topological polar surface area (TPSA) is 24.9 Å². The smallest absolute Gasteiger partial charge is 0.123 e. The highest BCUT2D eigenvalue weighted by molar-refractivity contribution is 7.13. The second kappa shape index (κ2) is 4.77. The van der Waals surface area contributed by atoms with E-state index >= 15 is 0 Å². The summed E-state index contributed by atoms with van der Waals surface area (Å²) in [6.45, 7) is 1.11. The van der Waals surface area contributed by atoms with Gasteiger partial charge in [-0.3, -0.25) is 0 Å². The number of hydrogen-bond acceptors (Lipinski definition) is 3. The van der Waals surface area contributed by atoms with Crippen molar-refractivity contribution in [1.82, 2.24) is 10.3 Å². The number of hydrogen-bond donors (Lipinski definition) is 1. The zero-order valence-electron chi connectivity index (χ0n) is 9.32. The second-order valence-corrected chi connectivity index (χ2v) is 5.53. The molecule has 0 aliphatic carbocycles. The van der Waals surface area contributed by atoms with Gasteiger partial charge in [0.05, 0.1) is 11.7 Å². The molecule has 4 heteroatoms. The average Bonchev–Trinajstić information content (AvgIpc) is 3.00. The van der Waals surface area contributed by atoms with Gasteiger partial charge < -0.3 is 5.32 Å². The maximum Gasteiger partial charge on any atom is 0.123 e. The highest BCUT2D eigenvalue weighted by atomic mass is 35.5. The molecular weight excluding hydrogens is 252 g/mol. The summed E-state index contributed by atoms with van der Waals surface area (Å²) in [7, 11) is 0. The number of nitrogens with one attached hydrogen (secondary N) is 1. The van der Waals surface area contributed by atoms with Crippen LogP contribution < -0.4 is 5.32 Å². The first-order valence-corrected chi connectivity index (χ1v) is 7.03. The Labute approximate surface area is 110 Å². The molecule has 1 aliphatic heterocycles. The molecular formula is C13H13ClN2S. The highest BCUT2D eigenvalue weighted by Gasteiger charge is 2.19. The summed E-state index contributed by atoms with van der Waals surface area (Å²) >= 11 is 7.68. The number of halogens is 1. The van der Waals surface area contributed by atoms with Crippen molar-refractivity contribution in [2.75, 3.05) is 6.54 Å². The first-order valence-electron chi connectivity index (χ1n) is 5.78. The quantitative estimate of drug-likeness (QED) is 0.890. The van der Waals surface area contributed by atoms with Crippen LogP contribution >= 0.6 is 22.9 Å². The molecule has 0 radical (unpaired) electrons. The minimum atomic E-state index is 0.444. The van der Waals surface area contributed by atoms with Gasteiger partial charge in [0.15, 0.2) is 0 Å². The molecule has 0 bridgehead atoms.